The minimum atomic E-state index is -3.71. The lowest BCUT2D eigenvalue weighted by atomic mass is 10.3. The van der Waals surface area contributed by atoms with Crippen LogP contribution in [0.4, 0.5) is 5.13 Å². The molecule has 2 rings (SSSR count). The molecule has 104 valence electrons. The van der Waals surface area contributed by atoms with E-state index in [2.05, 4.69) is 30.4 Å². The SMILES string of the molecule is CCCNCc1cn[nH]c1S(=O)(=O)Nc1nncs1. The van der Waals surface area contributed by atoms with Crippen molar-refractivity contribution in [2.45, 2.75) is 24.9 Å². The van der Waals surface area contributed by atoms with Crippen molar-refractivity contribution in [3.8, 4) is 0 Å². The van der Waals surface area contributed by atoms with Crippen LogP contribution in [0.5, 0.6) is 0 Å². The third-order valence-corrected chi connectivity index (χ3v) is 4.36. The zero-order valence-electron chi connectivity index (χ0n) is 10.3. The molecule has 0 fully saturated rings. The van der Waals surface area contributed by atoms with Gasteiger partial charge in [-0.25, -0.2) is 0 Å². The topological polar surface area (TPSA) is 113 Å². The van der Waals surface area contributed by atoms with Crippen molar-refractivity contribution in [2.75, 3.05) is 11.3 Å². The molecule has 0 amide bonds. The molecule has 0 saturated carbocycles. The number of aromatic amines is 1. The Hall–Kier alpha value is -1.52. The fourth-order valence-corrected chi connectivity index (χ4v) is 3.27. The maximum absolute atomic E-state index is 12.1. The van der Waals surface area contributed by atoms with Crippen molar-refractivity contribution in [3.05, 3.63) is 17.3 Å². The Bertz CT molecular complexity index is 606. The molecule has 2 heterocycles. The van der Waals surface area contributed by atoms with E-state index in [1.54, 1.807) is 0 Å². The van der Waals surface area contributed by atoms with Gasteiger partial charge in [-0.05, 0) is 13.0 Å². The lowest BCUT2D eigenvalue weighted by molar-refractivity contribution is 0.593. The van der Waals surface area contributed by atoms with Crippen LogP contribution in [0.1, 0.15) is 18.9 Å². The molecule has 0 bridgehead atoms. The van der Waals surface area contributed by atoms with E-state index < -0.39 is 10.0 Å². The van der Waals surface area contributed by atoms with Gasteiger partial charge in [0.15, 0.2) is 5.03 Å². The summed E-state index contributed by atoms with van der Waals surface area (Å²) < 4.78 is 26.6. The minimum absolute atomic E-state index is 0.0475. The Morgan fingerprint density at radius 3 is 3.00 bits per heavy atom. The molecule has 0 unspecified atom stereocenters. The van der Waals surface area contributed by atoms with E-state index in [9.17, 15) is 8.42 Å². The van der Waals surface area contributed by atoms with Gasteiger partial charge in [0, 0.05) is 12.1 Å². The highest BCUT2D eigenvalue weighted by molar-refractivity contribution is 7.92. The van der Waals surface area contributed by atoms with Crippen LogP contribution in [-0.2, 0) is 16.6 Å². The molecular weight excluding hydrogens is 288 g/mol. The summed E-state index contributed by atoms with van der Waals surface area (Å²) in [7, 11) is -3.71. The van der Waals surface area contributed by atoms with E-state index >= 15 is 0 Å². The normalized spacial score (nSPS) is 11.6. The predicted molar refractivity (Wildman–Crippen MR) is 71.3 cm³/mol. The van der Waals surface area contributed by atoms with Gasteiger partial charge < -0.3 is 5.32 Å². The molecule has 3 N–H and O–H groups in total. The summed E-state index contributed by atoms with van der Waals surface area (Å²) >= 11 is 1.11. The van der Waals surface area contributed by atoms with Crippen LogP contribution in [0.15, 0.2) is 16.7 Å². The first-order valence-electron chi connectivity index (χ1n) is 5.65. The van der Waals surface area contributed by atoms with Crippen LogP contribution in [0, 0.1) is 0 Å². The number of hydrogen-bond donors (Lipinski definition) is 3. The average Bonchev–Trinajstić information content (AvgIpc) is 3.00. The minimum Gasteiger partial charge on any atom is -0.313 e. The number of nitrogens with one attached hydrogen (secondary N) is 3. The van der Waals surface area contributed by atoms with E-state index in [-0.39, 0.29) is 10.2 Å². The first-order valence-corrected chi connectivity index (χ1v) is 8.01. The van der Waals surface area contributed by atoms with Gasteiger partial charge in [0.05, 0.1) is 6.20 Å². The lowest BCUT2D eigenvalue weighted by Gasteiger charge is -2.06. The van der Waals surface area contributed by atoms with Crippen LogP contribution in [0.25, 0.3) is 0 Å². The molecule has 0 saturated heterocycles. The number of aromatic nitrogens is 4. The highest BCUT2D eigenvalue weighted by Crippen LogP contribution is 2.17. The summed E-state index contributed by atoms with van der Waals surface area (Å²) in [6.07, 6.45) is 2.47. The van der Waals surface area contributed by atoms with E-state index in [0.717, 1.165) is 24.3 Å². The molecule has 19 heavy (non-hydrogen) atoms. The second-order valence-electron chi connectivity index (χ2n) is 3.75. The molecule has 2 aromatic rings. The molecule has 0 aliphatic carbocycles. The van der Waals surface area contributed by atoms with Gasteiger partial charge in [-0.2, -0.15) is 13.5 Å². The molecule has 2 aromatic heterocycles. The van der Waals surface area contributed by atoms with Crippen LogP contribution < -0.4 is 10.0 Å². The number of rotatable bonds is 7. The summed E-state index contributed by atoms with van der Waals surface area (Å²) in [6, 6.07) is 0. The second kappa shape index (κ2) is 6.08. The number of nitrogens with zero attached hydrogens (tertiary/aromatic N) is 3. The van der Waals surface area contributed by atoms with Crippen molar-refractivity contribution >= 4 is 26.5 Å². The number of H-pyrrole nitrogens is 1. The number of anilines is 1. The van der Waals surface area contributed by atoms with Crippen molar-refractivity contribution in [1.29, 1.82) is 0 Å². The van der Waals surface area contributed by atoms with Gasteiger partial charge in [-0.3, -0.25) is 9.82 Å². The first-order chi connectivity index (χ1) is 9.13. The Morgan fingerprint density at radius 1 is 1.47 bits per heavy atom. The van der Waals surface area contributed by atoms with Crippen LogP contribution >= 0.6 is 11.3 Å². The highest BCUT2D eigenvalue weighted by atomic mass is 32.2. The van der Waals surface area contributed by atoms with Crippen LogP contribution in [0.2, 0.25) is 0 Å². The summed E-state index contributed by atoms with van der Waals surface area (Å²) in [5, 5.41) is 16.9. The van der Waals surface area contributed by atoms with Gasteiger partial charge >= 0.3 is 0 Å². The highest BCUT2D eigenvalue weighted by Gasteiger charge is 2.21. The maximum atomic E-state index is 12.1. The molecule has 0 aliphatic rings. The van der Waals surface area contributed by atoms with E-state index in [4.69, 9.17) is 0 Å². The Balaban J connectivity index is 2.14. The van der Waals surface area contributed by atoms with Crippen LogP contribution in [-0.4, -0.2) is 35.4 Å². The van der Waals surface area contributed by atoms with Crippen molar-refractivity contribution in [3.63, 3.8) is 0 Å². The zero-order valence-corrected chi connectivity index (χ0v) is 11.9. The number of sulfonamides is 1. The second-order valence-corrected chi connectivity index (χ2v) is 6.20. The van der Waals surface area contributed by atoms with Crippen LogP contribution in [0.3, 0.4) is 0 Å². The molecule has 0 aliphatic heterocycles. The van der Waals surface area contributed by atoms with Gasteiger partial charge in [0.25, 0.3) is 10.0 Å². The van der Waals surface area contributed by atoms with Gasteiger partial charge in [-0.1, -0.05) is 18.3 Å². The molecule has 0 radical (unpaired) electrons. The fourth-order valence-electron chi connectivity index (χ4n) is 1.44. The third-order valence-electron chi connectivity index (χ3n) is 2.27. The Morgan fingerprint density at radius 2 is 2.32 bits per heavy atom. The Kier molecular flexibility index (Phi) is 4.45. The molecule has 0 atom stereocenters. The summed E-state index contributed by atoms with van der Waals surface area (Å²) in [6.45, 7) is 3.29. The lowest BCUT2D eigenvalue weighted by Crippen LogP contribution is -2.19. The van der Waals surface area contributed by atoms with Gasteiger partial charge in [0.1, 0.15) is 5.51 Å². The van der Waals surface area contributed by atoms with E-state index in [1.165, 1.54) is 11.7 Å². The average molecular weight is 302 g/mol. The number of hydrogen-bond acceptors (Lipinski definition) is 7. The summed E-state index contributed by atoms with van der Waals surface area (Å²) in [5.74, 6) is 0. The Labute approximate surface area is 114 Å². The largest absolute Gasteiger partial charge is 0.313 e. The molecule has 10 heteroatoms. The molecule has 0 spiro atoms. The van der Waals surface area contributed by atoms with Crippen molar-refractivity contribution < 1.29 is 8.42 Å². The van der Waals surface area contributed by atoms with E-state index in [1.807, 2.05) is 6.92 Å². The first kappa shape index (κ1) is 13.9. The standard InChI is InChI=1S/C9H14N6O2S2/c1-2-3-10-4-7-5-11-13-8(7)19(16,17)15-9-14-12-6-18-9/h5-6,10H,2-4H2,1H3,(H,11,13)(H,14,15). The third kappa shape index (κ3) is 3.49. The fraction of sp³-hybridized carbons (Fsp3) is 0.444. The smallest absolute Gasteiger partial charge is 0.280 e. The van der Waals surface area contributed by atoms with E-state index in [0.29, 0.717) is 12.1 Å². The van der Waals surface area contributed by atoms with Crippen molar-refractivity contribution in [1.82, 2.24) is 25.7 Å². The molecular formula is C9H14N6O2S2. The van der Waals surface area contributed by atoms with Gasteiger partial charge in [-0.15, -0.1) is 10.2 Å². The summed E-state index contributed by atoms with van der Waals surface area (Å²) in [5.41, 5.74) is 2.04. The van der Waals surface area contributed by atoms with Crippen molar-refractivity contribution in [2.24, 2.45) is 0 Å². The quantitative estimate of drug-likeness (QED) is 0.644. The zero-order chi connectivity index (χ0) is 13.7. The summed E-state index contributed by atoms with van der Waals surface area (Å²) in [4.78, 5) is 0. The predicted octanol–water partition coefficient (Wildman–Crippen LogP) is 0.562. The molecule has 8 nitrogen and oxygen atoms in total. The molecule has 0 aromatic carbocycles. The monoisotopic (exact) mass is 302 g/mol. The van der Waals surface area contributed by atoms with Gasteiger partial charge in [0.2, 0.25) is 5.13 Å². The maximum Gasteiger partial charge on any atom is 0.280 e.